The molecular formula is C14H20FNO2. The molecule has 0 aliphatic carbocycles. The van der Waals surface area contributed by atoms with Crippen LogP contribution < -0.4 is 10.5 Å². The van der Waals surface area contributed by atoms with Crippen LogP contribution in [0, 0.1) is 0 Å². The van der Waals surface area contributed by atoms with Gasteiger partial charge in [0, 0.05) is 24.1 Å². The minimum atomic E-state index is 0. The van der Waals surface area contributed by atoms with Crippen LogP contribution in [0.25, 0.3) is 0 Å². The fourth-order valence-corrected chi connectivity index (χ4v) is 1.25. The number of halogens is 1. The largest absolute Gasteiger partial charge is 0.489 e. The maximum absolute atomic E-state index is 12.2. The van der Waals surface area contributed by atoms with Crippen LogP contribution in [0.2, 0.25) is 0 Å². The molecule has 1 aromatic rings. The van der Waals surface area contributed by atoms with Crippen LogP contribution in [0.4, 0.5) is 4.39 Å². The molecule has 0 saturated heterocycles. The molecule has 0 fully saturated rings. The van der Waals surface area contributed by atoms with Crippen molar-refractivity contribution < 1.29 is 13.9 Å². The van der Waals surface area contributed by atoms with Crippen molar-refractivity contribution in [1.29, 1.82) is 0 Å². The summed E-state index contributed by atoms with van der Waals surface area (Å²) in [5.41, 5.74) is 6.34. The van der Waals surface area contributed by atoms with Crippen LogP contribution in [-0.2, 0) is 0 Å². The predicted octanol–water partition coefficient (Wildman–Crippen LogP) is 3.11. The summed E-state index contributed by atoms with van der Waals surface area (Å²) in [7, 11) is 0. The molecule has 0 bridgehead atoms. The van der Waals surface area contributed by atoms with Gasteiger partial charge in [0.15, 0.2) is 5.78 Å². The average Bonchev–Trinajstić information content (AvgIpc) is 2.39. The number of nitrogens with two attached hydrogens (primary N) is 1. The number of ether oxygens (including phenoxy) is 1. The Morgan fingerprint density at radius 3 is 2.44 bits per heavy atom. The highest BCUT2D eigenvalue weighted by Gasteiger charge is 2.03. The molecule has 0 amide bonds. The number of hydrogen-bond donors (Lipinski definition) is 1. The van der Waals surface area contributed by atoms with Gasteiger partial charge in [-0.25, -0.2) is 4.39 Å². The molecule has 2 N–H and O–H groups in total. The number of ketones is 1. The van der Waals surface area contributed by atoms with E-state index in [1.807, 2.05) is 6.92 Å². The molecule has 0 radical (unpaired) electrons. The first-order chi connectivity index (χ1) is 8.21. The summed E-state index contributed by atoms with van der Waals surface area (Å²) in [5.74, 6) is 0.674. The van der Waals surface area contributed by atoms with Gasteiger partial charge < -0.3 is 10.5 Å². The summed E-state index contributed by atoms with van der Waals surface area (Å²) >= 11 is 0. The molecular weight excluding hydrogens is 233 g/mol. The van der Waals surface area contributed by atoms with Gasteiger partial charge in [0.05, 0.1) is 6.33 Å². The summed E-state index contributed by atoms with van der Waals surface area (Å²) in [5, 5.41) is 0. The first kappa shape index (κ1) is 16.3. The van der Waals surface area contributed by atoms with E-state index in [9.17, 15) is 9.18 Å². The third-order valence-electron chi connectivity index (χ3n) is 2.34. The molecule has 0 unspecified atom stereocenters. The van der Waals surface area contributed by atoms with Gasteiger partial charge in [-0.15, -0.1) is 0 Å². The SMILES string of the molecule is C.CCC(=O)c1ccc(OC/C(=C/F)CN)cc1. The lowest BCUT2D eigenvalue weighted by Crippen LogP contribution is -2.10. The molecule has 0 aliphatic rings. The molecule has 1 rings (SSSR count). The maximum Gasteiger partial charge on any atom is 0.162 e. The smallest absolute Gasteiger partial charge is 0.162 e. The second-order valence-electron chi connectivity index (χ2n) is 3.56. The molecule has 0 aliphatic heterocycles. The first-order valence-corrected chi connectivity index (χ1v) is 5.45. The summed E-state index contributed by atoms with van der Waals surface area (Å²) in [6.07, 6.45) is 0.928. The van der Waals surface area contributed by atoms with Crippen molar-refractivity contribution in [3.63, 3.8) is 0 Å². The van der Waals surface area contributed by atoms with Crippen LogP contribution in [-0.4, -0.2) is 18.9 Å². The fraction of sp³-hybridized carbons (Fsp3) is 0.357. The molecule has 0 aromatic heterocycles. The Morgan fingerprint density at radius 1 is 1.39 bits per heavy atom. The lowest BCUT2D eigenvalue weighted by atomic mass is 10.1. The van der Waals surface area contributed by atoms with Gasteiger partial charge in [0.25, 0.3) is 0 Å². The van der Waals surface area contributed by atoms with E-state index in [1.165, 1.54) is 0 Å². The van der Waals surface area contributed by atoms with E-state index < -0.39 is 0 Å². The van der Waals surface area contributed by atoms with Gasteiger partial charge in [-0.1, -0.05) is 14.4 Å². The average molecular weight is 253 g/mol. The molecule has 4 heteroatoms. The van der Waals surface area contributed by atoms with Gasteiger partial charge >= 0.3 is 0 Å². The van der Waals surface area contributed by atoms with E-state index in [2.05, 4.69) is 0 Å². The van der Waals surface area contributed by atoms with Gasteiger partial charge in [-0.3, -0.25) is 4.79 Å². The van der Waals surface area contributed by atoms with Crippen molar-refractivity contribution in [2.24, 2.45) is 5.73 Å². The van der Waals surface area contributed by atoms with Crippen LogP contribution in [0.15, 0.2) is 36.2 Å². The monoisotopic (exact) mass is 253 g/mol. The van der Waals surface area contributed by atoms with E-state index in [0.717, 1.165) is 0 Å². The molecule has 3 nitrogen and oxygen atoms in total. The van der Waals surface area contributed by atoms with E-state index in [0.29, 0.717) is 29.6 Å². The zero-order valence-corrected chi connectivity index (χ0v) is 9.78. The van der Waals surface area contributed by atoms with Crippen molar-refractivity contribution >= 4 is 5.78 Å². The third-order valence-corrected chi connectivity index (χ3v) is 2.34. The summed E-state index contributed by atoms with van der Waals surface area (Å²) in [6, 6.07) is 6.77. The fourth-order valence-electron chi connectivity index (χ4n) is 1.25. The molecule has 1 aromatic carbocycles. The minimum Gasteiger partial charge on any atom is -0.489 e. The lowest BCUT2D eigenvalue weighted by Gasteiger charge is -2.07. The van der Waals surface area contributed by atoms with Gasteiger partial charge in [-0.05, 0) is 24.3 Å². The zero-order chi connectivity index (χ0) is 12.7. The number of carbonyl (C=O) groups excluding carboxylic acids is 1. The van der Waals surface area contributed by atoms with Crippen molar-refractivity contribution in [2.75, 3.05) is 13.2 Å². The van der Waals surface area contributed by atoms with Gasteiger partial charge in [-0.2, -0.15) is 0 Å². The van der Waals surface area contributed by atoms with Crippen LogP contribution in [0.5, 0.6) is 5.75 Å². The van der Waals surface area contributed by atoms with E-state index >= 15 is 0 Å². The van der Waals surface area contributed by atoms with E-state index in [-0.39, 0.29) is 26.4 Å². The minimum absolute atomic E-state index is 0. The van der Waals surface area contributed by atoms with Gasteiger partial charge in [0.2, 0.25) is 0 Å². The number of hydrogen-bond acceptors (Lipinski definition) is 3. The Labute approximate surface area is 107 Å². The van der Waals surface area contributed by atoms with Crippen molar-refractivity contribution in [1.82, 2.24) is 0 Å². The van der Waals surface area contributed by atoms with Crippen LogP contribution >= 0.6 is 0 Å². The topological polar surface area (TPSA) is 52.3 Å². The standard InChI is InChI=1S/C13H16FNO2.CH4/c1-2-13(16)11-3-5-12(6-4-11)17-9-10(7-14)8-15;/h3-7H,2,8-9,15H2,1H3;1H4/b10-7+;. The summed E-state index contributed by atoms with van der Waals surface area (Å²) < 4.78 is 17.5. The Kier molecular flexibility index (Phi) is 7.63. The third kappa shape index (κ3) is 4.67. The molecule has 0 saturated carbocycles. The van der Waals surface area contributed by atoms with E-state index in [1.54, 1.807) is 24.3 Å². The highest BCUT2D eigenvalue weighted by atomic mass is 19.1. The number of carbonyl (C=O) groups is 1. The molecule has 100 valence electrons. The zero-order valence-electron chi connectivity index (χ0n) is 9.78. The van der Waals surface area contributed by atoms with Crippen molar-refractivity contribution in [3.05, 3.63) is 41.7 Å². The summed E-state index contributed by atoms with van der Waals surface area (Å²) in [4.78, 5) is 11.4. The second-order valence-corrected chi connectivity index (χ2v) is 3.56. The maximum atomic E-state index is 12.2. The number of benzene rings is 1. The molecule has 0 spiro atoms. The number of rotatable bonds is 6. The van der Waals surface area contributed by atoms with E-state index in [4.69, 9.17) is 10.5 Å². The van der Waals surface area contributed by atoms with Crippen molar-refractivity contribution in [2.45, 2.75) is 20.8 Å². The Bertz CT molecular complexity index is 399. The molecule has 18 heavy (non-hydrogen) atoms. The van der Waals surface area contributed by atoms with Crippen molar-refractivity contribution in [3.8, 4) is 5.75 Å². The Morgan fingerprint density at radius 2 is 2.00 bits per heavy atom. The normalized spacial score (nSPS) is 10.7. The molecule has 0 heterocycles. The second kappa shape index (κ2) is 8.42. The molecule has 0 atom stereocenters. The predicted molar refractivity (Wildman–Crippen MR) is 71.5 cm³/mol. The quantitative estimate of drug-likeness (QED) is 0.792. The number of Topliss-reactive ketones (excluding diaryl/α,β-unsaturated/α-hetero) is 1. The Balaban J connectivity index is 0.00000289. The van der Waals surface area contributed by atoms with Crippen LogP contribution in [0.3, 0.4) is 0 Å². The highest BCUT2D eigenvalue weighted by Crippen LogP contribution is 2.14. The van der Waals surface area contributed by atoms with Gasteiger partial charge in [0.1, 0.15) is 12.4 Å². The highest BCUT2D eigenvalue weighted by molar-refractivity contribution is 5.95. The Hall–Kier alpha value is -1.68. The summed E-state index contributed by atoms with van der Waals surface area (Å²) in [6.45, 7) is 2.06. The van der Waals surface area contributed by atoms with Crippen LogP contribution in [0.1, 0.15) is 31.1 Å². The lowest BCUT2D eigenvalue weighted by molar-refractivity contribution is 0.0988. The first-order valence-electron chi connectivity index (χ1n) is 5.45.